The molecule has 0 bridgehead atoms. The fraction of sp³-hybridized carbons (Fsp3) is 0.118. The predicted octanol–water partition coefficient (Wildman–Crippen LogP) is 3.40. The van der Waals surface area contributed by atoms with Crippen LogP contribution >= 0.6 is 11.6 Å². The minimum Gasteiger partial charge on any atom is -0.454 e. The van der Waals surface area contributed by atoms with Gasteiger partial charge in [0.1, 0.15) is 0 Å². The van der Waals surface area contributed by atoms with Crippen LogP contribution in [0.4, 0.5) is 0 Å². The quantitative estimate of drug-likeness (QED) is 0.880. The van der Waals surface area contributed by atoms with Crippen LogP contribution in [0.1, 0.15) is 11.1 Å². The van der Waals surface area contributed by atoms with E-state index in [0.29, 0.717) is 17.3 Å². The number of carbonyl (C=O) groups is 1. The molecule has 1 heterocycles. The average Bonchev–Trinajstić information content (AvgIpc) is 2.99. The van der Waals surface area contributed by atoms with Gasteiger partial charge in [-0.1, -0.05) is 35.9 Å². The maximum atomic E-state index is 11.8. The molecule has 1 aliphatic heterocycles. The smallest absolute Gasteiger partial charge is 0.244 e. The van der Waals surface area contributed by atoms with E-state index < -0.39 is 0 Å². The van der Waals surface area contributed by atoms with Crippen molar-refractivity contribution in [3.63, 3.8) is 0 Å². The maximum Gasteiger partial charge on any atom is 0.244 e. The Hall–Kier alpha value is -2.46. The molecule has 0 aromatic heterocycles. The molecule has 3 rings (SSSR count). The van der Waals surface area contributed by atoms with Crippen LogP contribution in [0.25, 0.3) is 6.08 Å². The first kappa shape index (κ1) is 14.5. The predicted molar refractivity (Wildman–Crippen MR) is 84.9 cm³/mol. The summed E-state index contributed by atoms with van der Waals surface area (Å²) in [5.74, 6) is 1.25. The topological polar surface area (TPSA) is 47.6 Å². The van der Waals surface area contributed by atoms with Gasteiger partial charge >= 0.3 is 0 Å². The number of hydrogen-bond acceptors (Lipinski definition) is 3. The fourth-order valence-electron chi connectivity index (χ4n) is 2.07. The van der Waals surface area contributed by atoms with Crippen molar-refractivity contribution in [3.05, 3.63) is 64.7 Å². The van der Waals surface area contributed by atoms with E-state index in [1.54, 1.807) is 12.1 Å². The lowest BCUT2D eigenvalue weighted by atomic mass is 10.2. The second-order valence-corrected chi connectivity index (χ2v) is 5.17. The van der Waals surface area contributed by atoms with Gasteiger partial charge in [0, 0.05) is 17.6 Å². The molecule has 112 valence electrons. The molecule has 0 atom stereocenters. The summed E-state index contributed by atoms with van der Waals surface area (Å²) in [6.07, 6.45) is 3.16. The van der Waals surface area contributed by atoms with Crippen LogP contribution in [0, 0.1) is 0 Å². The third kappa shape index (κ3) is 3.40. The Balaban J connectivity index is 1.57. The van der Waals surface area contributed by atoms with Crippen LogP contribution in [0.15, 0.2) is 48.5 Å². The lowest BCUT2D eigenvalue weighted by molar-refractivity contribution is -0.116. The highest BCUT2D eigenvalue weighted by molar-refractivity contribution is 6.32. The summed E-state index contributed by atoms with van der Waals surface area (Å²) in [4.78, 5) is 11.8. The van der Waals surface area contributed by atoms with Gasteiger partial charge in [0.2, 0.25) is 12.7 Å². The molecule has 1 amide bonds. The normalized spacial score (nSPS) is 12.6. The summed E-state index contributed by atoms with van der Waals surface area (Å²) in [5, 5.41) is 3.43. The van der Waals surface area contributed by atoms with E-state index in [1.807, 2.05) is 36.4 Å². The monoisotopic (exact) mass is 315 g/mol. The van der Waals surface area contributed by atoms with Crippen LogP contribution in [-0.4, -0.2) is 12.7 Å². The summed E-state index contributed by atoms with van der Waals surface area (Å²) in [7, 11) is 0. The number of ether oxygens (including phenoxy) is 2. The molecular formula is C17H14ClNO3. The first-order valence-electron chi connectivity index (χ1n) is 6.81. The fourth-order valence-corrected chi connectivity index (χ4v) is 2.27. The largest absolute Gasteiger partial charge is 0.454 e. The third-order valence-corrected chi connectivity index (χ3v) is 3.57. The zero-order valence-corrected chi connectivity index (χ0v) is 12.5. The van der Waals surface area contributed by atoms with E-state index in [2.05, 4.69) is 5.32 Å². The number of carbonyl (C=O) groups excluding carboxylic acids is 1. The van der Waals surface area contributed by atoms with E-state index in [9.17, 15) is 4.79 Å². The van der Waals surface area contributed by atoms with Crippen LogP contribution in [0.3, 0.4) is 0 Å². The van der Waals surface area contributed by atoms with Gasteiger partial charge in [-0.15, -0.1) is 0 Å². The number of hydrogen-bond donors (Lipinski definition) is 1. The van der Waals surface area contributed by atoms with Gasteiger partial charge in [-0.25, -0.2) is 0 Å². The van der Waals surface area contributed by atoms with Crippen LogP contribution < -0.4 is 14.8 Å². The molecule has 5 heteroatoms. The summed E-state index contributed by atoms with van der Waals surface area (Å²) in [5.41, 5.74) is 1.76. The van der Waals surface area contributed by atoms with Crippen molar-refractivity contribution >= 4 is 23.6 Å². The van der Waals surface area contributed by atoms with E-state index in [-0.39, 0.29) is 12.7 Å². The average molecular weight is 316 g/mol. The molecule has 1 N–H and O–H groups in total. The van der Waals surface area contributed by atoms with Crippen molar-refractivity contribution in [2.45, 2.75) is 6.54 Å². The first-order chi connectivity index (χ1) is 10.7. The number of fused-ring (bicyclic) bond motifs is 1. The molecule has 2 aromatic rings. The molecule has 0 fully saturated rings. The van der Waals surface area contributed by atoms with E-state index >= 15 is 0 Å². The second-order valence-electron chi connectivity index (χ2n) is 4.76. The Morgan fingerprint density at radius 3 is 2.86 bits per heavy atom. The Bertz CT molecular complexity index is 728. The SMILES string of the molecule is O=C(C=Cc1ccccc1Cl)NCc1ccc2c(c1)OCO2. The zero-order chi connectivity index (χ0) is 15.4. The Labute approximate surface area is 133 Å². The lowest BCUT2D eigenvalue weighted by Crippen LogP contribution is -2.20. The van der Waals surface area contributed by atoms with Gasteiger partial charge in [-0.05, 0) is 35.4 Å². The molecule has 0 saturated carbocycles. The molecule has 0 aliphatic carbocycles. The van der Waals surface area contributed by atoms with Gasteiger partial charge in [0.15, 0.2) is 11.5 Å². The van der Waals surface area contributed by atoms with Crippen molar-refractivity contribution in [1.82, 2.24) is 5.32 Å². The van der Waals surface area contributed by atoms with E-state index in [0.717, 1.165) is 16.9 Å². The molecule has 0 unspecified atom stereocenters. The number of rotatable bonds is 4. The van der Waals surface area contributed by atoms with Crippen molar-refractivity contribution in [1.29, 1.82) is 0 Å². The maximum absolute atomic E-state index is 11.8. The Morgan fingerprint density at radius 2 is 2.00 bits per heavy atom. The Morgan fingerprint density at radius 1 is 1.18 bits per heavy atom. The molecule has 22 heavy (non-hydrogen) atoms. The molecule has 1 aliphatic rings. The summed E-state index contributed by atoms with van der Waals surface area (Å²) < 4.78 is 10.5. The second kappa shape index (κ2) is 6.54. The Kier molecular flexibility index (Phi) is 4.30. The molecule has 0 radical (unpaired) electrons. The van der Waals surface area contributed by atoms with E-state index in [4.69, 9.17) is 21.1 Å². The number of amides is 1. The zero-order valence-electron chi connectivity index (χ0n) is 11.7. The van der Waals surface area contributed by atoms with Crippen molar-refractivity contribution in [3.8, 4) is 11.5 Å². The molecule has 0 saturated heterocycles. The van der Waals surface area contributed by atoms with Crippen molar-refractivity contribution in [2.75, 3.05) is 6.79 Å². The van der Waals surface area contributed by atoms with Crippen LogP contribution in [-0.2, 0) is 11.3 Å². The van der Waals surface area contributed by atoms with Gasteiger partial charge < -0.3 is 14.8 Å². The van der Waals surface area contributed by atoms with Gasteiger partial charge in [-0.3, -0.25) is 4.79 Å². The van der Waals surface area contributed by atoms with Crippen LogP contribution in [0.5, 0.6) is 11.5 Å². The number of halogens is 1. The molecular weight excluding hydrogens is 302 g/mol. The summed E-state index contributed by atoms with van der Waals surface area (Å²) >= 11 is 6.03. The number of benzene rings is 2. The summed E-state index contributed by atoms with van der Waals surface area (Å²) in [6.45, 7) is 0.661. The third-order valence-electron chi connectivity index (χ3n) is 3.22. The minimum absolute atomic E-state index is 0.183. The van der Waals surface area contributed by atoms with Crippen molar-refractivity contribution in [2.24, 2.45) is 0 Å². The van der Waals surface area contributed by atoms with Crippen molar-refractivity contribution < 1.29 is 14.3 Å². The standard InChI is InChI=1S/C17H14ClNO3/c18-14-4-2-1-3-13(14)6-8-17(20)19-10-12-5-7-15-16(9-12)22-11-21-15/h1-9H,10-11H2,(H,19,20). The highest BCUT2D eigenvalue weighted by atomic mass is 35.5. The molecule has 2 aromatic carbocycles. The van der Waals surface area contributed by atoms with Gasteiger partial charge in [0.25, 0.3) is 0 Å². The van der Waals surface area contributed by atoms with Gasteiger partial charge in [0.05, 0.1) is 0 Å². The molecule has 4 nitrogen and oxygen atoms in total. The minimum atomic E-state index is -0.183. The van der Waals surface area contributed by atoms with Crippen LogP contribution in [0.2, 0.25) is 5.02 Å². The first-order valence-corrected chi connectivity index (χ1v) is 7.19. The number of nitrogens with one attached hydrogen (secondary N) is 1. The van der Waals surface area contributed by atoms with Gasteiger partial charge in [-0.2, -0.15) is 0 Å². The summed E-state index contributed by atoms with van der Waals surface area (Å²) in [6, 6.07) is 12.9. The lowest BCUT2D eigenvalue weighted by Gasteiger charge is -2.04. The highest BCUT2D eigenvalue weighted by Crippen LogP contribution is 2.32. The highest BCUT2D eigenvalue weighted by Gasteiger charge is 2.13. The van der Waals surface area contributed by atoms with E-state index in [1.165, 1.54) is 6.08 Å². The molecule has 0 spiro atoms.